The number of anilines is 1. The third-order valence-corrected chi connectivity index (χ3v) is 8.14. The monoisotopic (exact) mass is 470 g/mol. The van der Waals surface area contributed by atoms with Gasteiger partial charge in [-0.2, -0.15) is 4.31 Å². The van der Waals surface area contributed by atoms with Crippen molar-refractivity contribution in [3.05, 3.63) is 59.2 Å². The molecule has 1 aliphatic rings. The van der Waals surface area contributed by atoms with Gasteiger partial charge in [0.1, 0.15) is 11.6 Å². The molecule has 0 aromatic heterocycles. The van der Waals surface area contributed by atoms with Crippen LogP contribution in [0, 0.1) is 18.6 Å². The molecule has 2 aromatic rings. The molecular weight excluding hydrogens is 446 g/mol. The van der Waals surface area contributed by atoms with Gasteiger partial charge in [0.25, 0.3) is 0 Å². The van der Waals surface area contributed by atoms with Gasteiger partial charge < -0.3 is 10.1 Å². The summed E-state index contributed by atoms with van der Waals surface area (Å²) in [6, 6.07) is 8.33. The number of rotatable bonds is 7. The third kappa shape index (κ3) is 5.62. The Morgan fingerprint density at radius 2 is 1.84 bits per heavy atom. The quantitative estimate of drug-likeness (QED) is 0.668. The predicted octanol–water partition coefficient (Wildman–Crippen LogP) is 3.73. The van der Waals surface area contributed by atoms with Crippen LogP contribution in [0.2, 0.25) is 0 Å². The number of hydrogen-bond donors (Lipinski definition) is 1. The summed E-state index contributed by atoms with van der Waals surface area (Å²) in [5.41, 5.74) is 0.838. The van der Waals surface area contributed by atoms with Crippen LogP contribution in [-0.2, 0) is 19.6 Å². The van der Waals surface area contributed by atoms with Gasteiger partial charge >= 0.3 is 0 Å². The highest BCUT2D eigenvalue weighted by molar-refractivity contribution is 8.00. The minimum absolute atomic E-state index is 0.0473. The smallest absolute Gasteiger partial charge is 0.243 e. The molecular formula is C21H24F2N2O4S2. The van der Waals surface area contributed by atoms with Crippen LogP contribution in [0.15, 0.2) is 41.3 Å². The van der Waals surface area contributed by atoms with Crippen molar-refractivity contribution in [3.63, 3.8) is 0 Å². The number of carbonyl (C=O) groups is 1. The van der Waals surface area contributed by atoms with Crippen molar-refractivity contribution in [1.29, 1.82) is 0 Å². The first-order chi connectivity index (χ1) is 14.7. The van der Waals surface area contributed by atoms with Crippen LogP contribution in [0.1, 0.15) is 23.3 Å². The van der Waals surface area contributed by atoms with Gasteiger partial charge in [0.2, 0.25) is 15.9 Å². The summed E-state index contributed by atoms with van der Waals surface area (Å²) in [5, 5.41) is 2.10. The van der Waals surface area contributed by atoms with E-state index in [1.807, 2.05) is 0 Å². The lowest BCUT2D eigenvalue weighted by molar-refractivity contribution is -0.113. The van der Waals surface area contributed by atoms with Crippen molar-refractivity contribution in [2.24, 2.45) is 0 Å². The summed E-state index contributed by atoms with van der Waals surface area (Å²) in [5.74, 6) is -1.75. The lowest BCUT2D eigenvalue weighted by atomic mass is 10.1. The third-order valence-electron chi connectivity index (χ3n) is 4.93. The van der Waals surface area contributed by atoms with Crippen LogP contribution in [0.3, 0.4) is 0 Å². The molecule has 1 atom stereocenters. The predicted molar refractivity (Wildman–Crippen MR) is 117 cm³/mol. The maximum atomic E-state index is 13.9. The van der Waals surface area contributed by atoms with E-state index in [1.165, 1.54) is 28.6 Å². The van der Waals surface area contributed by atoms with E-state index in [0.717, 1.165) is 11.8 Å². The van der Waals surface area contributed by atoms with Gasteiger partial charge in [0.15, 0.2) is 0 Å². The highest BCUT2D eigenvalue weighted by Crippen LogP contribution is 2.32. The van der Waals surface area contributed by atoms with Crippen LogP contribution in [0.4, 0.5) is 14.5 Å². The van der Waals surface area contributed by atoms with E-state index in [-0.39, 0.29) is 29.3 Å². The number of nitrogens with zero attached hydrogens (tertiary/aromatic N) is 1. The van der Waals surface area contributed by atoms with Crippen LogP contribution < -0.4 is 5.32 Å². The zero-order chi connectivity index (χ0) is 22.6. The van der Waals surface area contributed by atoms with Crippen LogP contribution in [0.25, 0.3) is 0 Å². The number of morpholine rings is 1. The summed E-state index contributed by atoms with van der Waals surface area (Å²) in [6.45, 7) is 4.55. The highest BCUT2D eigenvalue weighted by Gasteiger charge is 2.28. The Bertz CT molecular complexity index is 1040. The molecule has 1 N–H and O–H groups in total. The van der Waals surface area contributed by atoms with Gasteiger partial charge in [-0.3, -0.25) is 4.79 Å². The lowest BCUT2D eigenvalue weighted by Crippen LogP contribution is -2.40. The molecule has 31 heavy (non-hydrogen) atoms. The normalized spacial score (nSPS) is 16.1. The van der Waals surface area contributed by atoms with Gasteiger partial charge in [-0.25, -0.2) is 17.2 Å². The molecule has 2 aromatic carbocycles. The summed E-state index contributed by atoms with van der Waals surface area (Å²) in [7, 11) is -3.71. The molecule has 0 radical (unpaired) electrons. The van der Waals surface area contributed by atoms with E-state index in [0.29, 0.717) is 24.5 Å². The second-order valence-electron chi connectivity index (χ2n) is 7.13. The number of sulfonamides is 1. The summed E-state index contributed by atoms with van der Waals surface area (Å²) in [6.07, 6.45) is 0. The SMILES string of the molecule is Cc1ccc(NC(=O)CSC(C)c2c(F)cccc2F)cc1S(=O)(=O)N1CCOCC1. The van der Waals surface area contributed by atoms with Gasteiger partial charge in [-0.15, -0.1) is 11.8 Å². The molecule has 1 amide bonds. The van der Waals surface area contributed by atoms with Crippen molar-refractivity contribution in [2.75, 3.05) is 37.4 Å². The number of benzene rings is 2. The van der Waals surface area contributed by atoms with Crippen molar-refractivity contribution >= 4 is 33.4 Å². The van der Waals surface area contributed by atoms with Crippen molar-refractivity contribution in [2.45, 2.75) is 24.0 Å². The molecule has 3 rings (SSSR count). The molecule has 0 bridgehead atoms. The zero-order valence-corrected chi connectivity index (χ0v) is 18.9. The molecule has 0 aliphatic carbocycles. The average molecular weight is 471 g/mol. The van der Waals surface area contributed by atoms with Crippen LogP contribution in [-0.4, -0.2) is 50.7 Å². The van der Waals surface area contributed by atoms with E-state index in [1.54, 1.807) is 26.0 Å². The second kappa shape index (κ2) is 10.1. The maximum absolute atomic E-state index is 13.9. The van der Waals surface area contributed by atoms with E-state index in [2.05, 4.69) is 5.32 Å². The van der Waals surface area contributed by atoms with E-state index in [4.69, 9.17) is 4.74 Å². The Hall–Kier alpha value is -2.01. The Morgan fingerprint density at radius 3 is 2.48 bits per heavy atom. The van der Waals surface area contributed by atoms with E-state index >= 15 is 0 Å². The van der Waals surface area contributed by atoms with Crippen LogP contribution in [0.5, 0.6) is 0 Å². The highest BCUT2D eigenvalue weighted by atomic mass is 32.2. The van der Waals surface area contributed by atoms with E-state index in [9.17, 15) is 22.0 Å². The summed E-state index contributed by atoms with van der Waals surface area (Å²) >= 11 is 1.09. The number of halogens is 2. The minimum atomic E-state index is -3.71. The number of hydrogen-bond acceptors (Lipinski definition) is 5. The summed E-state index contributed by atoms with van der Waals surface area (Å²) in [4.78, 5) is 12.5. The van der Waals surface area contributed by atoms with E-state index < -0.39 is 32.8 Å². The van der Waals surface area contributed by atoms with Gasteiger partial charge in [-0.1, -0.05) is 12.1 Å². The number of nitrogens with one attached hydrogen (secondary N) is 1. The van der Waals surface area contributed by atoms with Gasteiger partial charge in [0, 0.05) is 29.6 Å². The Balaban J connectivity index is 1.67. The molecule has 1 saturated heterocycles. The fourth-order valence-corrected chi connectivity index (χ4v) is 5.79. The van der Waals surface area contributed by atoms with Crippen LogP contribution >= 0.6 is 11.8 Å². The molecule has 1 heterocycles. The van der Waals surface area contributed by atoms with Crippen molar-refractivity contribution in [1.82, 2.24) is 4.31 Å². The standard InChI is InChI=1S/C21H24F2N2O4S2/c1-14-6-7-16(12-19(14)31(27,28)25-8-10-29-11-9-25)24-20(26)13-30-15(2)21-17(22)4-3-5-18(21)23/h3-7,12,15H,8-11,13H2,1-2H3,(H,24,26). The summed E-state index contributed by atoms with van der Waals surface area (Å²) < 4.78 is 60.3. The largest absolute Gasteiger partial charge is 0.379 e. The molecule has 1 unspecified atom stereocenters. The molecule has 168 valence electrons. The maximum Gasteiger partial charge on any atom is 0.243 e. The number of ether oxygens (including phenoxy) is 1. The van der Waals surface area contributed by atoms with Crippen molar-refractivity contribution < 1.29 is 26.7 Å². The first kappa shape index (κ1) is 23.6. The molecule has 10 heteroatoms. The Labute approximate surface area is 185 Å². The van der Waals surface area contributed by atoms with Gasteiger partial charge in [-0.05, 0) is 43.7 Å². The average Bonchev–Trinajstić information content (AvgIpc) is 2.74. The first-order valence-corrected chi connectivity index (χ1v) is 12.2. The fraction of sp³-hybridized carbons (Fsp3) is 0.381. The lowest BCUT2D eigenvalue weighted by Gasteiger charge is -2.26. The number of carbonyl (C=O) groups excluding carboxylic acids is 1. The van der Waals surface area contributed by atoms with Gasteiger partial charge in [0.05, 0.1) is 23.9 Å². The molecule has 6 nitrogen and oxygen atoms in total. The Kier molecular flexibility index (Phi) is 7.68. The number of aryl methyl sites for hydroxylation is 1. The molecule has 1 fully saturated rings. The fourth-order valence-electron chi connectivity index (χ4n) is 3.26. The first-order valence-electron chi connectivity index (χ1n) is 9.74. The second-order valence-corrected chi connectivity index (χ2v) is 10.4. The zero-order valence-electron chi connectivity index (χ0n) is 17.2. The van der Waals surface area contributed by atoms with Crippen molar-refractivity contribution in [3.8, 4) is 0 Å². The topological polar surface area (TPSA) is 75.7 Å². The molecule has 1 aliphatic heterocycles. The molecule has 0 spiro atoms. The number of thioether (sulfide) groups is 1. The number of amides is 1. The Morgan fingerprint density at radius 1 is 1.19 bits per heavy atom. The molecule has 0 saturated carbocycles. The minimum Gasteiger partial charge on any atom is -0.379 e.